The van der Waals surface area contributed by atoms with E-state index in [1.165, 1.54) is 141 Å². The Balaban J connectivity index is 1.17. The van der Waals surface area contributed by atoms with Gasteiger partial charge < -0.3 is 14.7 Å². The van der Waals surface area contributed by atoms with Gasteiger partial charge in [0.2, 0.25) is 0 Å². The highest BCUT2D eigenvalue weighted by Crippen LogP contribution is 2.58. The third-order valence-electron chi connectivity index (χ3n) is 24.4. The van der Waals surface area contributed by atoms with Crippen molar-refractivity contribution in [1.29, 1.82) is 0 Å². The second-order valence-electron chi connectivity index (χ2n) is 37.2. The van der Waals surface area contributed by atoms with E-state index in [4.69, 9.17) is 0 Å². The van der Waals surface area contributed by atoms with Crippen LogP contribution in [0.15, 0.2) is 133 Å². The molecule has 3 nitrogen and oxygen atoms in total. The van der Waals surface area contributed by atoms with Crippen LogP contribution < -0.4 is 31.1 Å². The molecule has 8 aromatic carbocycles. The summed E-state index contributed by atoms with van der Waals surface area (Å²) in [6.45, 7) is 58.5. The van der Waals surface area contributed by atoms with E-state index >= 15 is 0 Å². The van der Waals surface area contributed by atoms with Crippen molar-refractivity contribution in [3.8, 4) is 11.1 Å². The first kappa shape index (κ1) is 62.7. The monoisotopic (exact) mass is 1220 g/mol. The van der Waals surface area contributed by atoms with Crippen LogP contribution in [0.4, 0.5) is 51.2 Å². The van der Waals surface area contributed by atoms with Gasteiger partial charge in [-0.05, 0) is 255 Å². The molecule has 0 atom stereocenters. The van der Waals surface area contributed by atoms with E-state index in [1.54, 1.807) is 0 Å². The van der Waals surface area contributed by atoms with Crippen LogP contribution in [-0.2, 0) is 54.1 Å². The van der Waals surface area contributed by atoms with Gasteiger partial charge in [-0.3, -0.25) is 0 Å². The van der Waals surface area contributed by atoms with Crippen molar-refractivity contribution >= 4 is 74.3 Å². The molecular formula is C88H106BN3. The van der Waals surface area contributed by atoms with Crippen molar-refractivity contribution in [3.05, 3.63) is 200 Å². The Morgan fingerprint density at radius 2 is 0.707 bits per heavy atom. The molecule has 0 spiro atoms. The zero-order chi connectivity index (χ0) is 66.1. The lowest BCUT2D eigenvalue weighted by Gasteiger charge is -2.49. The Labute approximate surface area is 555 Å². The zero-order valence-corrected chi connectivity index (χ0v) is 60.9. The molecule has 2 heterocycles. The van der Waals surface area contributed by atoms with Gasteiger partial charge in [0.15, 0.2) is 0 Å². The minimum absolute atomic E-state index is 0.000847. The highest BCUT2D eigenvalue weighted by Gasteiger charge is 2.50. The molecular weight excluding hydrogens is 1110 g/mol. The number of aryl methyl sites for hydroxylation is 1. The van der Waals surface area contributed by atoms with Crippen LogP contribution in [0.25, 0.3) is 11.1 Å². The summed E-state index contributed by atoms with van der Waals surface area (Å²) in [5.41, 5.74) is 34.9. The molecule has 92 heavy (non-hydrogen) atoms. The lowest BCUT2D eigenvalue weighted by Crippen LogP contribution is -2.62. The van der Waals surface area contributed by atoms with E-state index in [-0.39, 0.29) is 60.9 Å². The summed E-state index contributed by atoms with van der Waals surface area (Å²) in [6.07, 6.45) is 6.92. The number of hydrogen-bond acceptors (Lipinski definition) is 3. The topological polar surface area (TPSA) is 9.72 Å². The fraction of sp³-hybridized carbons (Fsp3) is 0.455. The molecule has 0 unspecified atom stereocenters. The summed E-state index contributed by atoms with van der Waals surface area (Å²) in [7, 11) is 0. The molecule has 6 aliphatic rings. The molecule has 0 N–H and O–H groups in total. The van der Waals surface area contributed by atoms with Crippen molar-refractivity contribution < 1.29 is 0 Å². The lowest BCUT2D eigenvalue weighted by molar-refractivity contribution is 0.332. The molecule has 4 heteroatoms. The molecule has 4 aliphatic carbocycles. The molecule has 0 fully saturated rings. The number of anilines is 9. The van der Waals surface area contributed by atoms with Crippen LogP contribution in [0.5, 0.6) is 0 Å². The van der Waals surface area contributed by atoms with Crippen molar-refractivity contribution in [2.75, 3.05) is 14.7 Å². The van der Waals surface area contributed by atoms with Gasteiger partial charge in [-0.15, -0.1) is 0 Å². The zero-order valence-electron chi connectivity index (χ0n) is 60.9. The summed E-state index contributed by atoms with van der Waals surface area (Å²) in [5, 5.41) is 0. The standard InChI is InChI=1S/C88H106BN3/c1-53-43-66-69(86(19,20)41-39-83(66,13)14)51-73(53)92-74-48-62-61-44-56(81(8,9)10)29-35-63(61)88(23,24)65(62)49-71(74)89-72-50-68-70(87(21,22)42-40-85(68,17)18)52-75(72)91(59-34-36-64-67(45-59)84(15,16)38-37-82(64,11)12)76-46-60(47-77(92)78(76)89)90(57-30-25-54(26-31-57)79(2,3)4)58-32-27-55(28-33-58)80(5,6)7/h25-36,43-52H,37-42H2,1-24H3. The van der Waals surface area contributed by atoms with E-state index in [9.17, 15) is 0 Å². The van der Waals surface area contributed by atoms with Crippen LogP contribution in [0.3, 0.4) is 0 Å². The fourth-order valence-corrected chi connectivity index (χ4v) is 17.8. The Morgan fingerprint density at radius 1 is 0.326 bits per heavy atom. The highest BCUT2D eigenvalue weighted by molar-refractivity contribution is 7.00. The minimum atomic E-state index is -0.230. The van der Waals surface area contributed by atoms with Crippen LogP contribution in [0.2, 0.25) is 0 Å². The minimum Gasteiger partial charge on any atom is -0.311 e. The number of rotatable bonds is 5. The van der Waals surface area contributed by atoms with Gasteiger partial charge in [0, 0.05) is 50.9 Å². The maximum atomic E-state index is 2.80. The Bertz CT molecular complexity index is 4320. The molecule has 0 amide bonds. The number of hydrogen-bond donors (Lipinski definition) is 0. The SMILES string of the molecule is Cc1cc2c(cc1N1c3cc4c(cc3B3c5cc6c(cc5N(c5ccc7c(c5)C(C)(C)CCC7(C)C)c5cc(N(c7ccc(C(C)(C)C)cc7)c7ccc(C(C)(C)C)cc7)cc1c53)C(C)(C)CCC6(C)C)C(C)(C)c1ccc(C(C)(C)C)cc1-4)C(C)(C)CCC2(C)C. The number of nitrogens with zero attached hydrogens (tertiary/aromatic N) is 3. The van der Waals surface area contributed by atoms with E-state index in [1.807, 2.05) is 0 Å². The Hall–Kier alpha value is -6.78. The third-order valence-corrected chi connectivity index (χ3v) is 24.4. The summed E-state index contributed by atoms with van der Waals surface area (Å²) in [6, 6.07) is 55.7. The normalized spacial score (nSPS) is 19.6. The van der Waals surface area contributed by atoms with Gasteiger partial charge in [0.1, 0.15) is 0 Å². The fourth-order valence-electron chi connectivity index (χ4n) is 17.8. The summed E-state index contributed by atoms with van der Waals surface area (Å²) in [4.78, 5) is 8.17. The Morgan fingerprint density at radius 3 is 1.20 bits per heavy atom. The van der Waals surface area contributed by atoms with Gasteiger partial charge in [0.05, 0.1) is 5.69 Å². The highest BCUT2D eigenvalue weighted by atomic mass is 15.2. The molecule has 476 valence electrons. The van der Waals surface area contributed by atoms with Gasteiger partial charge >= 0.3 is 0 Å². The quantitative estimate of drug-likeness (QED) is 0.159. The van der Waals surface area contributed by atoms with Crippen LogP contribution in [0, 0.1) is 6.92 Å². The largest absolute Gasteiger partial charge is 0.311 e. The molecule has 2 aliphatic heterocycles. The molecule has 0 saturated carbocycles. The van der Waals surface area contributed by atoms with Crippen molar-refractivity contribution in [2.45, 2.75) is 259 Å². The average Bonchev–Trinajstić information content (AvgIpc) is 0.991. The smallest absolute Gasteiger partial charge is 0.252 e. The molecule has 14 rings (SSSR count). The maximum Gasteiger partial charge on any atom is 0.252 e. The summed E-state index contributed by atoms with van der Waals surface area (Å²) >= 11 is 0. The predicted octanol–water partition coefficient (Wildman–Crippen LogP) is 22.8. The van der Waals surface area contributed by atoms with E-state index in [2.05, 4.69) is 314 Å². The first-order valence-electron chi connectivity index (χ1n) is 35.2. The molecule has 0 bridgehead atoms. The molecule has 8 aromatic rings. The first-order valence-corrected chi connectivity index (χ1v) is 35.2. The lowest BCUT2D eigenvalue weighted by atomic mass is 9.33. The van der Waals surface area contributed by atoms with E-state index in [0.717, 1.165) is 42.7 Å². The van der Waals surface area contributed by atoms with Crippen LogP contribution in [0.1, 0.15) is 265 Å². The third kappa shape index (κ3) is 9.59. The second-order valence-corrected chi connectivity index (χ2v) is 37.2. The molecule has 0 radical (unpaired) electrons. The van der Waals surface area contributed by atoms with E-state index < -0.39 is 0 Å². The van der Waals surface area contributed by atoms with Crippen molar-refractivity contribution in [3.63, 3.8) is 0 Å². The van der Waals surface area contributed by atoms with Gasteiger partial charge in [-0.1, -0.05) is 226 Å². The first-order chi connectivity index (χ1) is 42.6. The van der Waals surface area contributed by atoms with Gasteiger partial charge in [0.25, 0.3) is 6.71 Å². The average molecular weight is 1220 g/mol. The van der Waals surface area contributed by atoms with Gasteiger partial charge in [-0.2, -0.15) is 0 Å². The maximum absolute atomic E-state index is 2.80. The van der Waals surface area contributed by atoms with Gasteiger partial charge in [-0.25, -0.2) is 0 Å². The summed E-state index contributed by atoms with van der Waals surface area (Å²) in [5.74, 6) is 0. The van der Waals surface area contributed by atoms with E-state index in [0.29, 0.717) is 0 Å². The van der Waals surface area contributed by atoms with Crippen molar-refractivity contribution in [1.82, 2.24) is 0 Å². The van der Waals surface area contributed by atoms with Crippen molar-refractivity contribution in [2.24, 2.45) is 0 Å². The predicted molar refractivity (Wildman–Crippen MR) is 399 cm³/mol. The Kier molecular flexibility index (Phi) is 13.6. The molecule has 0 saturated heterocycles. The molecule has 0 aromatic heterocycles. The number of fused-ring (bicyclic) bond motifs is 10. The summed E-state index contributed by atoms with van der Waals surface area (Å²) < 4.78 is 0. The van der Waals surface area contributed by atoms with Crippen LogP contribution in [-0.4, -0.2) is 6.71 Å². The van der Waals surface area contributed by atoms with Crippen LogP contribution >= 0.6 is 0 Å². The number of benzene rings is 8. The second kappa shape index (κ2) is 19.9.